The second-order valence-corrected chi connectivity index (χ2v) is 4.84. The highest BCUT2D eigenvalue weighted by Gasteiger charge is 2.09. The van der Waals surface area contributed by atoms with E-state index in [2.05, 4.69) is 19.4 Å². The number of rotatable bonds is 6. The number of nitrogens with zero attached hydrogens (tertiary/aromatic N) is 5. The normalized spacial score (nSPS) is 10.8. The number of hydrogen-bond acceptors (Lipinski definition) is 6. The van der Waals surface area contributed by atoms with Crippen molar-refractivity contribution in [3.63, 3.8) is 0 Å². The van der Waals surface area contributed by atoms with Gasteiger partial charge in [0.05, 0.1) is 12.8 Å². The number of aromatic nitrogens is 4. The minimum atomic E-state index is 0.655. The van der Waals surface area contributed by atoms with Gasteiger partial charge in [0, 0.05) is 57.5 Å². The minimum Gasteiger partial charge on any atom is -0.384 e. The molecule has 0 unspecified atom stereocenters. The summed E-state index contributed by atoms with van der Waals surface area (Å²) in [4.78, 5) is 6.55. The van der Waals surface area contributed by atoms with Gasteiger partial charge in [0.25, 0.3) is 0 Å². The van der Waals surface area contributed by atoms with E-state index < -0.39 is 0 Å². The topological polar surface area (TPSA) is 56.1 Å². The van der Waals surface area contributed by atoms with Crippen molar-refractivity contribution >= 4 is 16.7 Å². The average molecular weight is 267 g/mol. The summed E-state index contributed by atoms with van der Waals surface area (Å²) in [6, 6.07) is 0. The van der Waals surface area contributed by atoms with E-state index >= 15 is 0 Å². The fourth-order valence-electron chi connectivity index (χ4n) is 1.59. The Morgan fingerprint density at radius 2 is 2.33 bits per heavy atom. The molecule has 0 N–H and O–H groups in total. The largest absolute Gasteiger partial charge is 0.384 e. The molecule has 18 heavy (non-hydrogen) atoms. The highest BCUT2D eigenvalue weighted by atomic mass is 32.1. The lowest BCUT2D eigenvalue weighted by Gasteiger charge is -2.13. The van der Waals surface area contributed by atoms with Gasteiger partial charge in [-0.05, 0) is 0 Å². The zero-order valence-electron chi connectivity index (χ0n) is 10.8. The molecule has 2 aromatic rings. The third kappa shape index (κ3) is 3.27. The van der Waals surface area contributed by atoms with Crippen molar-refractivity contribution in [1.29, 1.82) is 0 Å². The Balaban J connectivity index is 1.96. The molecule has 6 nitrogen and oxygen atoms in total. The van der Waals surface area contributed by atoms with Crippen LogP contribution in [0.25, 0.3) is 0 Å². The van der Waals surface area contributed by atoms with E-state index in [0.717, 1.165) is 29.5 Å². The van der Waals surface area contributed by atoms with Crippen LogP contribution in [0.3, 0.4) is 0 Å². The third-order valence-corrected chi connectivity index (χ3v) is 3.36. The Morgan fingerprint density at radius 3 is 3.00 bits per heavy atom. The zero-order valence-corrected chi connectivity index (χ0v) is 11.6. The first-order valence-corrected chi connectivity index (χ1v) is 6.46. The van der Waals surface area contributed by atoms with Gasteiger partial charge in [-0.1, -0.05) is 0 Å². The molecule has 0 radical (unpaired) electrons. The third-order valence-electron chi connectivity index (χ3n) is 2.49. The molecule has 0 atom stereocenters. The maximum absolute atomic E-state index is 5.01. The van der Waals surface area contributed by atoms with Crippen molar-refractivity contribution in [3.05, 3.63) is 23.8 Å². The van der Waals surface area contributed by atoms with Gasteiger partial charge in [-0.2, -0.15) is 9.47 Å². The molecule has 0 aromatic carbocycles. The van der Waals surface area contributed by atoms with Gasteiger partial charge in [0.2, 0.25) is 5.13 Å². The molecule has 0 saturated carbocycles. The van der Waals surface area contributed by atoms with Crippen LogP contribution in [0.15, 0.2) is 12.4 Å². The van der Waals surface area contributed by atoms with Crippen LogP contribution in [-0.4, -0.2) is 39.9 Å². The molecular formula is C11H17N5OS. The first-order valence-electron chi connectivity index (χ1n) is 5.69. The van der Waals surface area contributed by atoms with Crippen LogP contribution < -0.4 is 4.90 Å². The van der Waals surface area contributed by atoms with E-state index in [9.17, 15) is 0 Å². The maximum Gasteiger partial charge on any atom is 0.205 e. The first kappa shape index (κ1) is 13.0. The monoisotopic (exact) mass is 267 g/mol. The van der Waals surface area contributed by atoms with Gasteiger partial charge >= 0.3 is 0 Å². The fraction of sp³-hybridized carbons (Fsp3) is 0.545. The van der Waals surface area contributed by atoms with Gasteiger partial charge < -0.3 is 9.64 Å². The summed E-state index contributed by atoms with van der Waals surface area (Å²) >= 11 is 1.42. The first-order chi connectivity index (χ1) is 8.69. The molecule has 2 aromatic heterocycles. The fourth-order valence-corrected chi connectivity index (χ4v) is 2.26. The molecule has 2 heterocycles. The molecule has 0 amide bonds. The van der Waals surface area contributed by atoms with Gasteiger partial charge in [0.1, 0.15) is 5.82 Å². The lowest BCUT2D eigenvalue weighted by Crippen LogP contribution is -2.15. The SMILES string of the molecule is COCCc1nsc(N(C)Cc2cnn(C)c2)n1. The molecule has 0 saturated heterocycles. The number of ether oxygens (including phenoxy) is 1. The number of hydrogen-bond donors (Lipinski definition) is 0. The summed E-state index contributed by atoms with van der Waals surface area (Å²) in [6.07, 6.45) is 4.63. The molecule has 0 aliphatic heterocycles. The van der Waals surface area contributed by atoms with Gasteiger partial charge in [-0.3, -0.25) is 4.68 Å². The lowest BCUT2D eigenvalue weighted by molar-refractivity contribution is 0.201. The van der Waals surface area contributed by atoms with Gasteiger partial charge in [-0.15, -0.1) is 0 Å². The molecule has 2 rings (SSSR count). The smallest absolute Gasteiger partial charge is 0.205 e. The van der Waals surface area contributed by atoms with Gasteiger partial charge in [0.15, 0.2) is 0 Å². The Kier molecular flexibility index (Phi) is 4.27. The maximum atomic E-state index is 5.01. The Bertz CT molecular complexity index is 495. The second-order valence-electron chi connectivity index (χ2n) is 4.11. The van der Waals surface area contributed by atoms with E-state index in [-0.39, 0.29) is 0 Å². The van der Waals surface area contributed by atoms with Crippen LogP contribution in [0.5, 0.6) is 0 Å². The van der Waals surface area contributed by atoms with E-state index in [4.69, 9.17) is 4.74 Å². The molecule has 0 fully saturated rings. The molecule has 0 aliphatic rings. The van der Waals surface area contributed by atoms with Crippen LogP contribution >= 0.6 is 11.5 Å². The molecule has 0 aliphatic carbocycles. The van der Waals surface area contributed by atoms with Crippen molar-refractivity contribution in [1.82, 2.24) is 19.1 Å². The summed E-state index contributed by atoms with van der Waals surface area (Å²) in [7, 11) is 5.60. The van der Waals surface area contributed by atoms with Crippen molar-refractivity contribution < 1.29 is 4.74 Å². The quantitative estimate of drug-likeness (QED) is 0.784. The average Bonchev–Trinajstić information content (AvgIpc) is 2.96. The molecule has 7 heteroatoms. The predicted octanol–water partition coefficient (Wildman–Crippen LogP) is 1.10. The Hall–Kier alpha value is -1.47. The van der Waals surface area contributed by atoms with Crippen LogP contribution in [0.4, 0.5) is 5.13 Å². The van der Waals surface area contributed by atoms with Crippen molar-refractivity contribution in [2.45, 2.75) is 13.0 Å². The summed E-state index contributed by atoms with van der Waals surface area (Å²) in [6.45, 7) is 1.44. The lowest BCUT2D eigenvalue weighted by atomic mass is 10.3. The number of aryl methyl sites for hydroxylation is 1. The highest BCUT2D eigenvalue weighted by molar-refractivity contribution is 7.09. The number of anilines is 1. The number of methoxy groups -OCH3 is 1. The van der Waals surface area contributed by atoms with Crippen molar-refractivity contribution in [2.75, 3.05) is 25.7 Å². The van der Waals surface area contributed by atoms with E-state index in [1.165, 1.54) is 11.5 Å². The van der Waals surface area contributed by atoms with Gasteiger partial charge in [-0.25, -0.2) is 4.98 Å². The highest BCUT2D eigenvalue weighted by Crippen LogP contribution is 2.18. The van der Waals surface area contributed by atoms with E-state index in [1.807, 2.05) is 26.5 Å². The van der Waals surface area contributed by atoms with E-state index in [0.29, 0.717) is 6.61 Å². The molecule has 98 valence electrons. The molecular weight excluding hydrogens is 250 g/mol. The van der Waals surface area contributed by atoms with Crippen LogP contribution in [-0.2, 0) is 24.8 Å². The Labute approximate surface area is 110 Å². The molecule has 0 bridgehead atoms. The van der Waals surface area contributed by atoms with E-state index in [1.54, 1.807) is 11.8 Å². The van der Waals surface area contributed by atoms with Crippen LogP contribution in [0.2, 0.25) is 0 Å². The summed E-state index contributed by atoms with van der Waals surface area (Å²) in [5.74, 6) is 0.842. The summed E-state index contributed by atoms with van der Waals surface area (Å²) in [5, 5.41) is 5.07. The zero-order chi connectivity index (χ0) is 13.0. The molecule has 0 spiro atoms. The minimum absolute atomic E-state index is 0.655. The van der Waals surface area contributed by atoms with Crippen LogP contribution in [0.1, 0.15) is 11.4 Å². The standard InChI is InChI=1S/C11H17N5OS/c1-15(7-9-6-12-16(2)8-9)11-13-10(14-18-11)4-5-17-3/h6,8H,4-5,7H2,1-3H3. The predicted molar refractivity (Wildman–Crippen MR) is 70.8 cm³/mol. The second kappa shape index (κ2) is 5.92. The summed E-state index contributed by atoms with van der Waals surface area (Å²) in [5.41, 5.74) is 1.16. The summed E-state index contributed by atoms with van der Waals surface area (Å²) < 4.78 is 11.1. The Morgan fingerprint density at radius 1 is 1.50 bits per heavy atom. The van der Waals surface area contributed by atoms with Crippen molar-refractivity contribution in [2.24, 2.45) is 7.05 Å². The van der Waals surface area contributed by atoms with Crippen LogP contribution in [0, 0.1) is 0 Å². The van der Waals surface area contributed by atoms with Crippen molar-refractivity contribution in [3.8, 4) is 0 Å².